The molecule has 0 aromatic heterocycles. The highest BCUT2D eigenvalue weighted by molar-refractivity contribution is 8.00. The first-order chi connectivity index (χ1) is 11.4. The molecule has 2 heterocycles. The van der Waals surface area contributed by atoms with E-state index in [1.165, 1.54) is 11.8 Å². The summed E-state index contributed by atoms with van der Waals surface area (Å²) in [5.41, 5.74) is 6.52. The van der Waals surface area contributed by atoms with Crippen LogP contribution in [0.2, 0.25) is 0 Å². The Balaban J connectivity index is 1.68. The van der Waals surface area contributed by atoms with Gasteiger partial charge in [-0.05, 0) is 5.56 Å². The van der Waals surface area contributed by atoms with Gasteiger partial charge in [0.25, 0.3) is 0 Å². The second-order valence-corrected chi connectivity index (χ2v) is 6.84. The maximum absolute atomic E-state index is 12.3. The number of aliphatic hydroxyl groups excluding tert-OH is 1. The summed E-state index contributed by atoms with van der Waals surface area (Å²) < 4.78 is 0. The fourth-order valence-electron chi connectivity index (χ4n) is 2.90. The summed E-state index contributed by atoms with van der Waals surface area (Å²) in [6.45, 7) is 0. The number of hydrogen-bond acceptors (Lipinski definition) is 6. The van der Waals surface area contributed by atoms with Crippen molar-refractivity contribution in [1.29, 1.82) is 0 Å². The molecule has 2 fully saturated rings. The number of aliphatic carboxylic acids is 1. The van der Waals surface area contributed by atoms with Crippen LogP contribution in [0, 0.1) is 0 Å². The second-order valence-electron chi connectivity index (χ2n) is 5.69. The van der Waals surface area contributed by atoms with Gasteiger partial charge in [-0.2, -0.15) is 0 Å². The predicted octanol–water partition coefficient (Wildman–Crippen LogP) is -1.10. The number of rotatable bonds is 4. The monoisotopic (exact) mass is 351 g/mol. The average Bonchev–Trinajstić information content (AvgIpc) is 2.59. The molecular formula is C15H17N3O5S. The van der Waals surface area contributed by atoms with Crippen LogP contribution in [0.25, 0.3) is 0 Å². The fraction of sp³-hybridized carbons (Fsp3) is 0.400. The number of fused-ring (bicyclic) bond motifs is 1. The van der Waals surface area contributed by atoms with Gasteiger partial charge in [0.1, 0.15) is 17.5 Å². The molecule has 2 saturated heterocycles. The zero-order chi connectivity index (χ0) is 17.4. The number of β-lactam (4-membered cyclic amide) rings is 1. The van der Waals surface area contributed by atoms with Crippen LogP contribution in [0.5, 0.6) is 0 Å². The quantitative estimate of drug-likeness (QED) is 0.506. The van der Waals surface area contributed by atoms with Gasteiger partial charge in [0.15, 0.2) is 6.04 Å². The van der Waals surface area contributed by atoms with Gasteiger partial charge in [-0.1, -0.05) is 30.3 Å². The largest absolute Gasteiger partial charge is 0.480 e. The lowest BCUT2D eigenvalue weighted by molar-refractivity contribution is -0.167. The number of carbonyl (C=O) groups is 3. The number of nitrogens with one attached hydrogen (secondary N) is 1. The first-order valence-corrected chi connectivity index (χ1v) is 8.42. The summed E-state index contributed by atoms with van der Waals surface area (Å²) in [7, 11) is 0. The molecule has 2 aliphatic heterocycles. The van der Waals surface area contributed by atoms with Crippen molar-refractivity contribution >= 4 is 29.5 Å². The van der Waals surface area contributed by atoms with Gasteiger partial charge in [-0.25, -0.2) is 4.79 Å². The number of aliphatic hydroxyl groups is 1. The number of benzene rings is 1. The van der Waals surface area contributed by atoms with Crippen LogP contribution in [0.3, 0.4) is 0 Å². The van der Waals surface area contributed by atoms with E-state index in [0.717, 1.165) is 4.90 Å². The van der Waals surface area contributed by atoms with Gasteiger partial charge in [0.05, 0.1) is 6.10 Å². The van der Waals surface area contributed by atoms with Crippen molar-refractivity contribution in [3.05, 3.63) is 35.9 Å². The molecule has 24 heavy (non-hydrogen) atoms. The minimum Gasteiger partial charge on any atom is -0.480 e. The average molecular weight is 351 g/mol. The first kappa shape index (κ1) is 16.7. The third-order valence-electron chi connectivity index (χ3n) is 4.17. The lowest BCUT2D eigenvalue weighted by Crippen LogP contribution is -2.76. The summed E-state index contributed by atoms with van der Waals surface area (Å²) in [5, 5.41) is 21.0. The summed E-state index contributed by atoms with van der Waals surface area (Å²) in [6.07, 6.45) is -1.13. The SMILES string of the molecule is N[C@H](C(=O)N[C@@H]1C(=O)N2[C@@H](C(=O)O)C(O)CS[C@@H]12)c1ccccc1. The highest BCUT2D eigenvalue weighted by atomic mass is 32.2. The molecule has 2 amide bonds. The van der Waals surface area contributed by atoms with E-state index in [9.17, 15) is 24.6 Å². The molecule has 1 aromatic rings. The molecular weight excluding hydrogens is 334 g/mol. The third kappa shape index (κ3) is 2.74. The number of amides is 2. The van der Waals surface area contributed by atoms with E-state index in [0.29, 0.717) is 5.56 Å². The molecule has 1 unspecified atom stereocenters. The van der Waals surface area contributed by atoms with E-state index >= 15 is 0 Å². The van der Waals surface area contributed by atoms with Gasteiger partial charge >= 0.3 is 5.97 Å². The topological polar surface area (TPSA) is 133 Å². The maximum atomic E-state index is 12.3. The van der Waals surface area contributed by atoms with Crippen molar-refractivity contribution in [1.82, 2.24) is 10.2 Å². The molecule has 5 atom stereocenters. The Morgan fingerprint density at radius 1 is 1.33 bits per heavy atom. The van der Waals surface area contributed by atoms with E-state index < -0.39 is 47.4 Å². The maximum Gasteiger partial charge on any atom is 0.329 e. The van der Waals surface area contributed by atoms with Gasteiger partial charge in [0.2, 0.25) is 11.8 Å². The van der Waals surface area contributed by atoms with Crippen LogP contribution >= 0.6 is 11.8 Å². The summed E-state index contributed by atoms with van der Waals surface area (Å²) in [5.74, 6) is -2.10. The number of carboxylic acids is 1. The Morgan fingerprint density at radius 2 is 2.00 bits per heavy atom. The van der Waals surface area contributed by atoms with Crippen LogP contribution < -0.4 is 11.1 Å². The molecule has 0 spiro atoms. The number of carboxylic acid groups (broad SMARTS) is 1. The predicted molar refractivity (Wildman–Crippen MR) is 85.8 cm³/mol. The number of nitrogens with zero attached hydrogens (tertiary/aromatic N) is 1. The number of hydrogen-bond donors (Lipinski definition) is 4. The second kappa shape index (κ2) is 6.42. The zero-order valence-corrected chi connectivity index (χ0v) is 13.3. The Labute approximate surface area is 142 Å². The van der Waals surface area contributed by atoms with Crippen molar-refractivity contribution in [3.63, 3.8) is 0 Å². The van der Waals surface area contributed by atoms with Crippen LogP contribution in [-0.2, 0) is 14.4 Å². The number of nitrogens with two attached hydrogens (primary N) is 1. The van der Waals surface area contributed by atoms with Gasteiger partial charge in [-0.3, -0.25) is 9.59 Å². The molecule has 2 aliphatic rings. The van der Waals surface area contributed by atoms with E-state index in [-0.39, 0.29) is 5.75 Å². The van der Waals surface area contributed by atoms with Crippen molar-refractivity contribution in [3.8, 4) is 0 Å². The van der Waals surface area contributed by atoms with Crippen LogP contribution in [0.4, 0.5) is 0 Å². The Kier molecular flexibility index (Phi) is 4.48. The Hall–Kier alpha value is -2.10. The number of thioether (sulfide) groups is 1. The molecule has 0 radical (unpaired) electrons. The van der Waals surface area contributed by atoms with Crippen molar-refractivity contribution < 1.29 is 24.6 Å². The Morgan fingerprint density at radius 3 is 2.62 bits per heavy atom. The molecule has 3 rings (SSSR count). The van der Waals surface area contributed by atoms with Crippen molar-refractivity contribution in [2.45, 2.75) is 29.6 Å². The van der Waals surface area contributed by atoms with Crippen LogP contribution in [0.1, 0.15) is 11.6 Å². The lowest BCUT2D eigenvalue weighted by Gasteiger charge is -2.53. The minimum atomic E-state index is -1.28. The standard InChI is InChI=1S/C15H17N3O5S/c16-9(7-4-2-1-3-5-7)12(20)17-10-13(21)18-11(15(22)23)8(19)6-24-14(10)18/h1-5,8-11,14,19H,6,16H2,(H,17,20)(H,22,23)/t8?,9-,10+,11+,14-/m0/s1. The van der Waals surface area contributed by atoms with Gasteiger partial charge < -0.3 is 26.2 Å². The van der Waals surface area contributed by atoms with E-state index in [1.807, 2.05) is 0 Å². The summed E-state index contributed by atoms with van der Waals surface area (Å²) in [4.78, 5) is 36.9. The van der Waals surface area contributed by atoms with E-state index in [1.54, 1.807) is 30.3 Å². The molecule has 1 aromatic carbocycles. The molecule has 0 aliphatic carbocycles. The van der Waals surface area contributed by atoms with Gasteiger partial charge in [-0.15, -0.1) is 11.8 Å². The molecule has 128 valence electrons. The van der Waals surface area contributed by atoms with Crippen molar-refractivity contribution in [2.75, 3.05) is 5.75 Å². The van der Waals surface area contributed by atoms with Crippen molar-refractivity contribution in [2.24, 2.45) is 5.73 Å². The van der Waals surface area contributed by atoms with E-state index in [2.05, 4.69) is 5.32 Å². The van der Waals surface area contributed by atoms with Crippen LogP contribution in [-0.4, -0.2) is 62.2 Å². The van der Waals surface area contributed by atoms with Gasteiger partial charge in [0, 0.05) is 5.75 Å². The minimum absolute atomic E-state index is 0.183. The zero-order valence-electron chi connectivity index (χ0n) is 12.5. The molecule has 0 bridgehead atoms. The smallest absolute Gasteiger partial charge is 0.329 e. The molecule has 8 nitrogen and oxygen atoms in total. The normalized spacial score (nSPS) is 30.1. The molecule has 5 N–H and O–H groups in total. The fourth-order valence-corrected chi connectivity index (χ4v) is 4.25. The lowest BCUT2D eigenvalue weighted by atomic mass is 9.98. The summed E-state index contributed by atoms with van der Waals surface area (Å²) >= 11 is 1.24. The third-order valence-corrected chi connectivity index (χ3v) is 5.55. The highest BCUT2D eigenvalue weighted by Gasteiger charge is 2.57. The number of carbonyl (C=O) groups excluding carboxylic acids is 2. The highest BCUT2D eigenvalue weighted by Crippen LogP contribution is 2.38. The van der Waals surface area contributed by atoms with E-state index in [4.69, 9.17) is 5.73 Å². The Bertz CT molecular complexity index is 670. The molecule has 9 heteroatoms. The molecule has 0 saturated carbocycles. The first-order valence-electron chi connectivity index (χ1n) is 7.37. The van der Waals surface area contributed by atoms with Crippen LogP contribution in [0.15, 0.2) is 30.3 Å². The summed E-state index contributed by atoms with van der Waals surface area (Å²) in [6, 6.07) is 5.73.